The average molecular weight is 357 g/mol. The maximum atomic E-state index is 11.6. The molecule has 2 aromatic rings. The van der Waals surface area contributed by atoms with E-state index in [1.54, 1.807) is 13.2 Å². The van der Waals surface area contributed by atoms with Crippen LogP contribution in [0, 0.1) is 6.92 Å². The minimum atomic E-state index is -0.989. The van der Waals surface area contributed by atoms with Gasteiger partial charge in [0.25, 0.3) is 0 Å². The molecule has 0 fully saturated rings. The zero-order valence-electron chi connectivity index (χ0n) is 15.0. The molecule has 2 rings (SSSR count). The zero-order valence-corrected chi connectivity index (χ0v) is 15.0. The van der Waals surface area contributed by atoms with E-state index in [4.69, 9.17) is 14.6 Å². The van der Waals surface area contributed by atoms with Gasteiger partial charge in [0.05, 0.1) is 13.5 Å². The van der Waals surface area contributed by atoms with E-state index < -0.39 is 5.97 Å². The summed E-state index contributed by atoms with van der Waals surface area (Å²) in [5, 5.41) is 11.3. The molecule has 0 spiro atoms. The fraction of sp³-hybridized carbons (Fsp3) is 0.300. The molecule has 138 valence electrons. The lowest BCUT2D eigenvalue weighted by atomic mass is 10.1. The highest BCUT2D eigenvalue weighted by atomic mass is 16.5. The Morgan fingerprint density at radius 1 is 1.00 bits per heavy atom. The van der Waals surface area contributed by atoms with Crippen molar-refractivity contribution in [2.24, 2.45) is 0 Å². The Bertz CT molecular complexity index is 755. The van der Waals surface area contributed by atoms with Crippen molar-refractivity contribution in [2.45, 2.75) is 32.9 Å². The van der Waals surface area contributed by atoms with Gasteiger partial charge in [-0.3, -0.25) is 9.59 Å². The first kappa shape index (κ1) is 19.3. The van der Waals surface area contributed by atoms with Crippen molar-refractivity contribution in [3.63, 3.8) is 0 Å². The molecule has 1 amide bonds. The second-order valence-electron chi connectivity index (χ2n) is 5.93. The highest BCUT2D eigenvalue weighted by Crippen LogP contribution is 2.29. The maximum Gasteiger partial charge on any atom is 0.303 e. The minimum absolute atomic E-state index is 0.0394. The SMILES string of the molecule is COc1ccc(CNC(=O)CCC(=O)O)cc1OCc1ccc(C)cc1. The molecule has 0 aliphatic carbocycles. The first-order chi connectivity index (χ1) is 12.5. The number of carboxylic acids is 1. The molecule has 6 heteroatoms. The molecular weight excluding hydrogens is 334 g/mol. The Morgan fingerprint density at radius 3 is 2.35 bits per heavy atom. The van der Waals surface area contributed by atoms with E-state index in [9.17, 15) is 9.59 Å². The molecule has 6 nitrogen and oxygen atoms in total. The number of hydrogen-bond donors (Lipinski definition) is 2. The van der Waals surface area contributed by atoms with Gasteiger partial charge in [0, 0.05) is 13.0 Å². The molecule has 2 N–H and O–H groups in total. The number of carbonyl (C=O) groups is 2. The van der Waals surface area contributed by atoms with Gasteiger partial charge >= 0.3 is 5.97 Å². The van der Waals surface area contributed by atoms with Crippen molar-refractivity contribution in [3.8, 4) is 11.5 Å². The first-order valence-electron chi connectivity index (χ1n) is 8.31. The summed E-state index contributed by atoms with van der Waals surface area (Å²) in [4.78, 5) is 22.1. The minimum Gasteiger partial charge on any atom is -0.493 e. The predicted molar refractivity (Wildman–Crippen MR) is 97.2 cm³/mol. The Balaban J connectivity index is 1.97. The number of rotatable bonds is 9. The lowest BCUT2D eigenvalue weighted by Crippen LogP contribution is -2.23. The first-order valence-corrected chi connectivity index (χ1v) is 8.31. The summed E-state index contributed by atoms with van der Waals surface area (Å²) in [6.45, 7) is 2.73. The third-order valence-electron chi connectivity index (χ3n) is 3.80. The van der Waals surface area contributed by atoms with E-state index >= 15 is 0 Å². The van der Waals surface area contributed by atoms with Gasteiger partial charge in [-0.2, -0.15) is 0 Å². The summed E-state index contributed by atoms with van der Waals surface area (Å²) in [5.41, 5.74) is 3.07. The van der Waals surface area contributed by atoms with Crippen LogP contribution in [-0.4, -0.2) is 24.1 Å². The van der Waals surface area contributed by atoms with Crippen LogP contribution in [0.25, 0.3) is 0 Å². The summed E-state index contributed by atoms with van der Waals surface area (Å²) in [7, 11) is 1.57. The second-order valence-corrected chi connectivity index (χ2v) is 5.93. The highest BCUT2D eigenvalue weighted by molar-refractivity contribution is 5.80. The molecule has 0 atom stereocenters. The average Bonchev–Trinajstić information content (AvgIpc) is 2.64. The van der Waals surface area contributed by atoms with Crippen molar-refractivity contribution in [2.75, 3.05) is 7.11 Å². The molecule has 0 heterocycles. The molecule has 0 aromatic heterocycles. The number of amides is 1. The van der Waals surface area contributed by atoms with Crippen LogP contribution in [0.1, 0.15) is 29.5 Å². The number of aliphatic carboxylic acids is 1. The van der Waals surface area contributed by atoms with Crippen LogP contribution in [0.2, 0.25) is 0 Å². The van der Waals surface area contributed by atoms with Crippen molar-refractivity contribution < 1.29 is 24.2 Å². The number of ether oxygens (including phenoxy) is 2. The highest BCUT2D eigenvalue weighted by Gasteiger charge is 2.09. The Hall–Kier alpha value is -3.02. The van der Waals surface area contributed by atoms with Crippen LogP contribution in [0.3, 0.4) is 0 Å². The smallest absolute Gasteiger partial charge is 0.303 e. The maximum absolute atomic E-state index is 11.6. The van der Waals surface area contributed by atoms with Crippen LogP contribution >= 0.6 is 0 Å². The molecule has 0 saturated heterocycles. The number of nitrogens with one attached hydrogen (secondary N) is 1. The number of methoxy groups -OCH3 is 1. The lowest BCUT2D eigenvalue weighted by molar-refractivity contribution is -0.138. The monoisotopic (exact) mass is 357 g/mol. The number of hydrogen-bond acceptors (Lipinski definition) is 4. The fourth-order valence-electron chi connectivity index (χ4n) is 2.30. The molecule has 2 aromatic carbocycles. The van der Waals surface area contributed by atoms with Crippen LogP contribution in [0.5, 0.6) is 11.5 Å². The lowest BCUT2D eigenvalue weighted by Gasteiger charge is -2.13. The second kappa shape index (κ2) is 9.46. The van der Waals surface area contributed by atoms with Crippen molar-refractivity contribution in [1.82, 2.24) is 5.32 Å². The number of benzene rings is 2. The van der Waals surface area contributed by atoms with Gasteiger partial charge in [-0.15, -0.1) is 0 Å². The van der Waals surface area contributed by atoms with E-state index in [2.05, 4.69) is 5.32 Å². The molecular formula is C20H23NO5. The molecule has 0 saturated carbocycles. The summed E-state index contributed by atoms with van der Waals surface area (Å²) in [5.74, 6) is -0.0924. The predicted octanol–water partition coefficient (Wildman–Crippen LogP) is 3.06. The molecule has 0 aliphatic rings. The van der Waals surface area contributed by atoms with Crippen molar-refractivity contribution in [3.05, 3.63) is 59.2 Å². The van der Waals surface area contributed by atoms with Gasteiger partial charge in [0.2, 0.25) is 5.91 Å². The van der Waals surface area contributed by atoms with Gasteiger partial charge in [-0.1, -0.05) is 35.9 Å². The molecule has 0 unspecified atom stereocenters. The molecule has 0 aliphatic heterocycles. The number of aryl methyl sites for hydroxylation is 1. The Kier molecular flexibility index (Phi) is 7.02. The van der Waals surface area contributed by atoms with Gasteiger partial charge in [0.15, 0.2) is 11.5 Å². The van der Waals surface area contributed by atoms with Gasteiger partial charge in [-0.25, -0.2) is 0 Å². The summed E-state index contributed by atoms with van der Waals surface area (Å²) >= 11 is 0. The van der Waals surface area contributed by atoms with Gasteiger partial charge < -0.3 is 19.9 Å². The van der Waals surface area contributed by atoms with Crippen molar-refractivity contribution >= 4 is 11.9 Å². The van der Waals surface area contributed by atoms with E-state index in [0.29, 0.717) is 24.7 Å². The summed E-state index contributed by atoms with van der Waals surface area (Å²) in [6.07, 6.45) is -0.221. The Labute approximate surface area is 152 Å². The van der Waals surface area contributed by atoms with E-state index in [-0.39, 0.29) is 18.7 Å². The van der Waals surface area contributed by atoms with Crippen LogP contribution in [0.15, 0.2) is 42.5 Å². The van der Waals surface area contributed by atoms with E-state index in [0.717, 1.165) is 11.1 Å². The summed E-state index contributed by atoms with van der Waals surface area (Å²) < 4.78 is 11.2. The largest absolute Gasteiger partial charge is 0.493 e. The molecule has 0 radical (unpaired) electrons. The van der Waals surface area contributed by atoms with Gasteiger partial charge in [-0.05, 0) is 30.2 Å². The Morgan fingerprint density at radius 2 is 1.69 bits per heavy atom. The molecule has 0 bridgehead atoms. The van der Waals surface area contributed by atoms with Gasteiger partial charge in [0.1, 0.15) is 6.61 Å². The van der Waals surface area contributed by atoms with E-state index in [1.807, 2.05) is 43.3 Å². The van der Waals surface area contributed by atoms with E-state index in [1.165, 1.54) is 5.56 Å². The third kappa shape index (κ3) is 6.12. The standard InChI is InChI=1S/C20H23NO5/c1-14-3-5-15(6-4-14)13-26-18-11-16(7-8-17(18)25-2)12-21-19(22)9-10-20(23)24/h3-8,11H,9-10,12-13H2,1-2H3,(H,21,22)(H,23,24). The van der Waals surface area contributed by atoms with Crippen LogP contribution in [-0.2, 0) is 22.7 Å². The topological polar surface area (TPSA) is 84.9 Å². The number of carboxylic acid groups (broad SMARTS) is 1. The van der Waals surface area contributed by atoms with Crippen LogP contribution < -0.4 is 14.8 Å². The number of carbonyl (C=O) groups excluding carboxylic acids is 1. The zero-order chi connectivity index (χ0) is 18.9. The van der Waals surface area contributed by atoms with Crippen LogP contribution in [0.4, 0.5) is 0 Å². The van der Waals surface area contributed by atoms with Crippen molar-refractivity contribution in [1.29, 1.82) is 0 Å². The summed E-state index contributed by atoms with van der Waals surface area (Å²) in [6, 6.07) is 13.5. The third-order valence-corrected chi connectivity index (χ3v) is 3.80. The molecule has 26 heavy (non-hydrogen) atoms. The fourth-order valence-corrected chi connectivity index (χ4v) is 2.30. The quantitative estimate of drug-likeness (QED) is 0.720. The normalized spacial score (nSPS) is 10.2.